The van der Waals surface area contributed by atoms with E-state index in [2.05, 4.69) is 15.0 Å². The van der Waals surface area contributed by atoms with Crippen LogP contribution >= 0.6 is 0 Å². The molecule has 0 aliphatic carbocycles. The summed E-state index contributed by atoms with van der Waals surface area (Å²) in [5.41, 5.74) is 2.45. The Balaban J connectivity index is 1.71. The number of esters is 1. The first-order valence-corrected chi connectivity index (χ1v) is 11.8. The van der Waals surface area contributed by atoms with Gasteiger partial charge < -0.3 is 14.3 Å². The van der Waals surface area contributed by atoms with Gasteiger partial charge >= 0.3 is 5.97 Å². The highest BCUT2D eigenvalue weighted by Crippen LogP contribution is 2.32. The van der Waals surface area contributed by atoms with Crippen molar-refractivity contribution in [1.29, 1.82) is 0 Å². The number of sulfonamides is 1. The fourth-order valence-corrected chi connectivity index (χ4v) is 4.89. The predicted molar refractivity (Wildman–Crippen MR) is 120 cm³/mol. The first-order valence-electron chi connectivity index (χ1n) is 10.3. The van der Waals surface area contributed by atoms with E-state index in [-0.39, 0.29) is 17.4 Å². The number of benzene rings is 2. The maximum Gasteiger partial charge on any atom is 0.324 e. The van der Waals surface area contributed by atoms with Crippen LogP contribution in [0.5, 0.6) is 0 Å². The zero-order valence-corrected chi connectivity index (χ0v) is 19.2. The molecule has 0 spiro atoms. The van der Waals surface area contributed by atoms with E-state index in [1.807, 2.05) is 12.1 Å². The van der Waals surface area contributed by atoms with Gasteiger partial charge in [-0.25, -0.2) is 13.1 Å². The molecule has 0 amide bonds. The standard InChI is InChI=1S/C22H24N4O6S/c1-13(2)21(22(28)31-3)24-33(29,30)16-5-7-19-18(11-16)17-6-4-15(10-20(17)32-19)26-12-14(8-9-27)23-25-26/h4-7,10-13,21,24,27H,8-9H2,1-3H3. The van der Waals surface area contributed by atoms with Gasteiger partial charge in [-0.2, -0.15) is 4.72 Å². The van der Waals surface area contributed by atoms with Gasteiger partial charge in [0.05, 0.1) is 29.6 Å². The highest BCUT2D eigenvalue weighted by atomic mass is 32.2. The number of ether oxygens (including phenoxy) is 1. The van der Waals surface area contributed by atoms with Crippen molar-refractivity contribution in [3.63, 3.8) is 0 Å². The van der Waals surface area contributed by atoms with Crippen LogP contribution in [0, 0.1) is 5.92 Å². The van der Waals surface area contributed by atoms with E-state index in [0.29, 0.717) is 34.4 Å². The molecule has 0 radical (unpaired) electrons. The van der Waals surface area contributed by atoms with Crippen molar-refractivity contribution in [2.75, 3.05) is 13.7 Å². The molecule has 2 heterocycles. The van der Waals surface area contributed by atoms with Crippen molar-refractivity contribution in [2.24, 2.45) is 5.92 Å². The highest BCUT2D eigenvalue weighted by Gasteiger charge is 2.29. The summed E-state index contributed by atoms with van der Waals surface area (Å²) in [6.07, 6.45) is 2.13. The first-order chi connectivity index (χ1) is 15.7. The number of furan rings is 1. The fraction of sp³-hybridized carbons (Fsp3) is 0.318. The molecule has 0 aliphatic rings. The summed E-state index contributed by atoms with van der Waals surface area (Å²) in [5, 5.41) is 18.5. The summed E-state index contributed by atoms with van der Waals surface area (Å²) in [7, 11) is -2.77. The third-order valence-electron chi connectivity index (χ3n) is 5.31. The molecule has 0 saturated carbocycles. The molecule has 1 atom stereocenters. The lowest BCUT2D eigenvalue weighted by Crippen LogP contribution is -2.44. The van der Waals surface area contributed by atoms with E-state index in [1.54, 1.807) is 36.9 Å². The summed E-state index contributed by atoms with van der Waals surface area (Å²) >= 11 is 0. The smallest absolute Gasteiger partial charge is 0.324 e. The molecule has 0 saturated heterocycles. The topological polar surface area (TPSA) is 137 Å². The average Bonchev–Trinajstić information content (AvgIpc) is 3.40. The second-order valence-corrected chi connectivity index (χ2v) is 9.65. The van der Waals surface area contributed by atoms with Gasteiger partial charge in [0.1, 0.15) is 17.2 Å². The predicted octanol–water partition coefficient (Wildman–Crippen LogP) is 2.18. The number of hydrogen-bond donors (Lipinski definition) is 2. The van der Waals surface area contributed by atoms with Gasteiger partial charge in [-0.3, -0.25) is 4.79 Å². The number of aliphatic hydroxyl groups excluding tert-OH is 1. The van der Waals surface area contributed by atoms with E-state index >= 15 is 0 Å². The number of carbonyl (C=O) groups is 1. The molecule has 1 unspecified atom stereocenters. The normalized spacial score (nSPS) is 13.1. The number of nitrogens with one attached hydrogen (secondary N) is 1. The Morgan fingerprint density at radius 1 is 1.18 bits per heavy atom. The molecule has 4 aromatic rings. The maximum atomic E-state index is 13.0. The quantitative estimate of drug-likeness (QED) is 0.372. The summed E-state index contributed by atoms with van der Waals surface area (Å²) in [5.74, 6) is -0.940. The number of nitrogens with zero attached hydrogens (tertiary/aromatic N) is 3. The average molecular weight is 473 g/mol. The Bertz CT molecular complexity index is 1420. The summed E-state index contributed by atoms with van der Waals surface area (Å²) in [6, 6.07) is 8.96. The number of carbonyl (C=O) groups excluding carboxylic acids is 1. The number of rotatable bonds is 8. The van der Waals surface area contributed by atoms with Crippen LogP contribution in [-0.4, -0.2) is 54.2 Å². The van der Waals surface area contributed by atoms with Crippen molar-refractivity contribution >= 4 is 37.9 Å². The Morgan fingerprint density at radius 3 is 2.67 bits per heavy atom. The third-order valence-corrected chi connectivity index (χ3v) is 6.75. The van der Waals surface area contributed by atoms with Crippen LogP contribution in [0.3, 0.4) is 0 Å². The summed E-state index contributed by atoms with van der Waals surface area (Å²) in [4.78, 5) is 12.0. The van der Waals surface area contributed by atoms with Crippen LogP contribution < -0.4 is 4.72 Å². The summed E-state index contributed by atoms with van der Waals surface area (Å²) in [6.45, 7) is 3.45. The van der Waals surface area contributed by atoms with Gasteiger partial charge in [-0.05, 0) is 36.2 Å². The third kappa shape index (κ3) is 4.47. The lowest BCUT2D eigenvalue weighted by atomic mass is 10.1. The first kappa shape index (κ1) is 22.9. The second-order valence-electron chi connectivity index (χ2n) is 7.93. The van der Waals surface area contributed by atoms with Crippen molar-refractivity contribution in [1.82, 2.24) is 19.7 Å². The zero-order chi connectivity index (χ0) is 23.8. The van der Waals surface area contributed by atoms with Crippen LogP contribution in [0.25, 0.3) is 27.6 Å². The second kappa shape index (κ2) is 8.93. The molecule has 174 valence electrons. The monoisotopic (exact) mass is 472 g/mol. The summed E-state index contributed by atoms with van der Waals surface area (Å²) < 4.78 is 40.6. The molecule has 0 bridgehead atoms. The van der Waals surface area contributed by atoms with Crippen LogP contribution in [0.2, 0.25) is 0 Å². The number of aromatic nitrogens is 3. The van der Waals surface area contributed by atoms with Crippen molar-refractivity contribution in [3.8, 4) is 5.69 Å². The number of aliphatic hydroxyl groups is 1. The fourth-order valence-electron chi connectivity index (χ4n) is 3.53. The Hall–Kier alpha value is -3.28. The van der Waals surface area contributed by atoms with Gasteiger partial charge in [0.25, 0.3) is 0 Å². The van der Waals surface area contributed by atoms with Gasteiger partial charge in [0.2, 0.25) is 10.0 Å². The molecule has 33 heavy (non-hydrogen) atoms. The largest absolute Gasteiger partial charge is 0.468 e. The number of methoxy groups -OCH3 is 1. The van der Waals surface area contributed by atoms with Crippen LogP contribution in [-0.2, 0) is 26.0 Å². The Labute approximate surface area is 190 Å². The minimum Gasteiger partial charge on any atom is -0.468 e. The zero-order valence-electron chi connectivity index (χ0n) is 18.3. The molecule has 4 rings (SSSR count). The van der Waals surface area contributed by atoms with Crippen molar-refractivity contribution in [3.05, 3.63) is 48.3 Å². The van der Waals surface area contributed by atoms with Gasteiger partial charge in [0, 0.05) is 29.9 Å². The minimum atomic E-state index is -3.99. The molecular formula is C22H24N4O6S. The van der Waals surface area contributed by atoms with E-state index < -0.39 is 22.0 Å². The molecular weight excluding hydrogens is 448 g/mol. The molecule has 0 fully saturated rings. The maximum absolute atomic E-state index is 13.0. The Morgan fingerprint density at radius 2 is 1.97 bits per heavy atom. The number of hydrogen-bond acceptors (Lipinski definition) is 8. The molecule has 10 nitrogen and oxygen atoms in total. The van der Waals surface area contributed by atoms with Crippen LogP contribution in [0.15, 0.2) is 51.9 Å². The molecule has 11 heteroatoms. The lowest BCUT2D eigenvalue weighted by Gasteiger charge is -2.19. The van der Waals surface area contributed by atoms with E-state index in [4.69, 9.17) is 14.3 Å². The van der Waals surface area contributed by atoms with E-state index in [1.165, 1.54) is 19.2 Å². The number of fused-ring (bicyclic) bond motifs is 3. The van der Waals surface area contributed by atoms with Gasteiger partial charge in [-0.15, -0.1) is 5.10 Å². The van der Waals surface area contributed by atoms with Crippen LogP contribution in [0.4, 0.5) is 0 Å². The SMILES string of the molecule is COC(=O)C(NS(=O)(=O)c1ccc2oc3cc(-n4cc(CCO)nn4)ccc3c2c1)C(C)C. The van der Waals surface area contributed by atoms with E-state index in [9.17, 15) is 13.2 Å². The van der Waals surface area contributed by atoms with Crippen molar-refractivity contribution < 1.29 is 27.5 Å². The Kier molecular flexibility index (Phi) is 6.19. The highest BCUT2D eigenvalue weighted by molar-refractivity contribution is 7.89. The molecule has 0 aliphatic heterocycles. The van der Waals surface area contributed by atoms with Gasteiger partial charge in [-0.1, -0.05) is 19.1 Å². The minimum absolute atomic E-state index is 0.0149. The van der Waals surface area contributed by atoms with E-state index in [0.717, 1.165) is 5.39 Å². The molecule has 2 aromatic carbocycles. The molecule has 2 N–H and O–H groups in total. The van der Waals surface area contributed by atoms with Crippen molar-refractivity contribution in [2.45, 2.75) is 31.2 Å². The van der Waals surface area contributed by atoms with Crippen LogP contribution in [0.1, 0.15) is 19.5 Å². The lowest BCUT2D eigenvalue weighted by molar-refractivity contribution is -0.143. The molecule has 2 aromatic heterocycles. The van der Waals surface area contributed by atoms with Gasteiger partial charge in [0.15, 0.2) is 0 Å².